The Hall–Kier alpha value is -2.90. The topological polar surface area (TPSA) is 81.4 Å². The average molecular weight is 423 g/mol. The maximum absolute atomic E-state index is 13.4. The van der Waals surface area contributed by atoms with Crippen LogP contribution in [0.5, 0.6) is 11.6 Å². The smallest absolute Gasteiger partial charge is 0.341 e. The lowest BCUT2D eigenvalue weighted by Gasteiger charge is -2.19. The fraction of sp³-hybridized carbons (Fsp3) is 0.105. The van der Waals surface area contributed by atoms with Crippen LogP contribution in [0.3, 0.4) is 0 Å². The highest BCUT2D eigenvalue weighted by atomic mass is 35.5. The van der Waals surface area contributed by atoms with Crippen molar-refractivity contribution in [3.8, 4) is 22.9 Å². The van der Waals surface area contributed by atoms with E-state index in [0.29, 0.717) is 5.56 Å². The number of carboxylic acids is 1. The van der Waals surface area contributed by atoms with Crippen molar-refractivity contribution in [3.05, 3.63) is 74.4 Å². The van der Waals surface area contributed by atoms with Crippen LogP contribution in [-0.4, -0.2) is 20.6 Å². The van der Waals surface area contributed by atoms with E-state index in [9.17, 15) is 19.1 Å². The fourth-order valence-electron chi connectivity index (χ4n) is 2.74. The molecule has 1 N–H and O–H groups in total. The van der Waals surface area contributed by atoms with Crippen LogP contribution in [0.25, 0.3) is 11.3 Å². The summed E-state index contributed by atoms with van der Waals surface area (Å²) in [5, 5.41) is 10.1. The Kier molecular flexibility index (Phi) is 5.67. The molecule has 28 heavy (non-hydrogen) atoms. The van der Waals surface area contributed by atoms with Crippen molar-refractivity contribution in [1.82, 2.24) is 9.55 Å². The van der Waals surface area contributed by atoms with E-state index in [2.05, 4.69) is 4.98 Å². The molecular weight excluding hydrogens is 410 g/mol. The average Bonchev–Trinajstić information content (AvgIpc) is 2.63. The molecule has 0 unspecified atom stereocenters. The minimum Gasteiger partial charge on any atom is -0.477 e. The van der Waals surface area contributed by atoms with Crippen LogP contribution in [0.15, 0.2) is 47.5 Å². The van der Waals surface area contributed by atoms with E-state index in [0.717, 1.165) is 18.3 Å². The molecule has 6 nitrogen and oxygen atoms in total. The maximum Gasteiger partial charge on any atom is 0.341 e. The van der Waals surface area contributed by atoms with Crippen LogP contribution in [-0.2, 0) is 6.54 Å². The summed E-state index contributed by atoms with van der Waals surface area (Å²) in [6, 6.07) is 6.65. The van der Waals surface area contributed by atoms with Gasteiger partial charge in [0.15, 0.2) is 5.75 Å². The molecule has 0 radical (unpaired) electrons. The molecule has 0 saturated heterocycles. The standard InChI is InChI=1S/C19H13Cl2FN2O4/c1-2-24-16(28-12-6-11(22)8-23-9-12)7-15(25)17(19(26)27)18(24)10-3-4-13(20)14(21)5-10/h3-9H,2H2,1H3,(H,26,27). The molecule has 0 bridgehead atoms. The molecule has 0 aliphatic carbocycles. The van der Waals surface area contributed by atoms with E-state index < -0.39 is 22.8 Å². The summed E-state index contributed by atoms with van der Waals surface area (Å²) in [5.41, 5.74) is -0.739. The van der Waals surface area contributed by atoms with Gasteiger partial charge < -0.3 is 14.4 Å². The second-order valence-electron chi connectivity index (χ2n) is 5.69. The second-order valence-corrected chi connectivity index (χ2v) is 6.50. The van der Waals surface area contributed by atoms with E-state index in [1.54, 1.807) is 13.0 Å². The first-order valence-electron chi connectivity index (χ1n) is 8.06. The number of carbonyl (C=O) groups is 1. The van der Waals surface area contributed by atoms with Crippen LogP contribution >= 0.6 is 23.2 Å². The van der Waals surface area contributed by atoms with Gasteiger partial charge in [-0.3, -0.25) is 9.78 Å². The minimum absolute atomic E-state index is 0.0333. The molecule has 3 rings (SSSR count). The number of halogens is 3. The van der Waals surface area contributed by atoms with E-state index in [-0.39, 0.29) is 33.9 Å². The van der Waals surface area contributed by atoms with E-state index in [4.69, 9.17) is 27.9 Å². The molecule has 144 valence electrons. The maximum atomic E-state index is 13.4. The van der Waals surface area contributed by atoms with Crippen LogP contribution < -0.4 is 10.2 Å². The van der Waals surface area contributed by atoms with Gasteiger partial charge in [0.2, 0.25) is 11.3 Å². The summed E-state index contributed by atoms with van der Waals surface area (Å²) in [5.74, 6) is -1.92. The van der Waals surface area contributed by atoms with Gasteiger partial charge in [-0.25, -0.2) is 9.18 Å². The molecule has 0 saturated carbocycles. The first-order chi connectivity index (χ1) is 13.3. The fourth-order valence-corrected chi connectivity index (χ4v) is 3.04. The number of nitrogens with zero attached hydrogens (tertiary/aromatic N) is 2. The van der Waals surface area contributed by atoms with Crippen molar-refractivity contribution < 1.29 is 19.0 Å². The predicted molar refractivity (Wildman–Crippen MR) is 103 cm³/mol. The number of benzene rings is 1. The number of carboxylic acid groups (broad SMARTS) is 1. The molecule has 0 aliphatic heterocycles. The van der Waals surface area contributed by atoms with Gasteiger partial charge in [0.25, 0.3) is 0 Å². The second kappa shape index (κ2) is 8.00. The van der Waals surface area contributed by atoms with E-state index in [1.807, 2.05) is 0 Å². The number of pyridine rings is 2. The Morgan fingerprint density at radius 2 is 1.96 bits per heavy atom. The molecule has 2 heterocycles. The summed E-state index contributed by atoms with van der Waals surface area (Å²) in [6.07, 6.45) is 2.28. The third-order valence-corrected chi connectivity index (χ3v) is 4.64. The monoisotopic (exact) mass is 422 g/mol. The Bertz CT molecular complexity index is 1130. The third kappa shape index (κ3) is 3.85. The molecule has 0 spiro atoms. The summed E-state index contributed by atoms with van der Waals surface area (Å²) in [6.45, 7) is 2.00. The third-order valence-electron chi connectivity index (χ3n) is 3.90. The van der Waals surface area contributed by atoms with Gasteiger partial charge >= 0.3 is 5.97 Å². The van der Waals surface area contributed by atoms with Crippen molar-refractivity contribution in [1.29, 1.82) is 0 Å². The highest BCUT2D eigenvalue weighted by Gasteiger charge is 2.23. The number of hydrogen-bond acceptors (Lipinski definition) is 4. The molecule has 0 fully saturated rings. The quantitative estimate of drug-likeness (QED) is 0.634. The molecule has 9 heteroatoms. The van der Waals surface area contributed by atoms with Gasteiger partial charge in [0.1, 0.15) is 11.4 Å². The number of ether oxygens (including phenoxy) is 1. The Labute approximate surface area is 168 Å². The van der Waals surface area contributed by atoms with E-state index >= 15 is 0 Å². The van der Waals surface area contributed by atoms with Crippen molar-refractivity contribution in [3.63, 3.8) is 0 Å². The first-order valence-corrected chi connectivity index (χ1v) is 8.82. The van der Waals surface area contributed by atoms with Gasteiger partial charge in [0, 0.05) is 24.2 Å². The van der Waals surface area contributed by atoms with Crippen molar-refractivity contribution >= 4 is 29.2 Å². The molecule has 0 atom stereocenters. The van der Waals surface area contributed by atoms with Gasteiger partial charge in [-0.15, -0.1) is 0 Å². The minimum atomic E-state index is -1.40. The SMILES string of the molecule is CCn1c(Oc2cncc(F)c2)cc(=O)c(C(=O)O)c1-c1ccc(Cl)c(Cl)c1. The number of aromatic carboxylic acids is 1. The molecule has 0 amide bonds. The summed E-state index contributed by atoms with van der Waals surface area (Å²) < 4.78 is 20.5. The molecule has 3 aromatic rings. The zero-order valence-corrected chi connectivity index (χ0v) is 16.0. The predicted octanol–water partition coefficient (Wildman–Crippen LogP) is 4.87. The Morgan fingerprint density at radius 1 is 1.21 bits per heavy atom. The van der Waals surface area contributed by atoms with Crippen LogP contribution in [0.2, 0.25) is 10.0 Å². The first kappa shape index (κ1) is 19.9. The zero-order valence-electron chi connectivity index (χ0n) is 14.4. The van der Waals surface area contributed by atoms with Crippen LogP contribution in [0, 0.1) is 5.82 Å². The van der Waals surface area contributed by atoms with Gasteiger partial charge in [0.05, 0.1) is 28.1 Å². The largest absolute Gasteiger partial charge is 0.477 e. The van der Waals surface area contributed by atoms with Crippen molar-refractivity contribution in [2.45, 2.75) is 13.5 Å². The Morgan fingerprint density at radius 3 is 2.57 bits per heavy atom. The number of rotatable bonds is 5. The number of hydrogen-bond donors (Lipinski definition) is 1. The van der Waals surface area contributed by atoms with Crippen LogP contribution in [0.1, 0.15) is 17.3 Å². The lowest BCUT2D eigenvalue weighted by molar-refractivity contribution is 0.0695. The van der Waals surface area contributed by atoms with Crippen molar-refractivity contribution in [2.75, 3.05) is 0 Å². The summed E-state index contributed by atoms with van der Waals surface area (Å²) in [4.78, 5) is 28.0. The lowest BCUT2D eigenvalue weighted by atomic mass is 10.0. The van der Waals surface area contributed by atoms with Gasteiger partial charge in [-0.2, -0.15) is 0 Å². The highest BCUT2D eigenvalue weighted by molar-refractivity contribution is 6.42. The molecule has 2 aromatic heterocycles. The van der Waals surface area contributed by atoms with E-state index in [1.165, 1.54) is 22.9 Å². The van der Waals surface area contributed by atoms with Gasteiger partial charge in [-0.1, -0.05) is 29.3 Å². The lowest BCUT2D eigenvalue weighted by Crippen LogP contribution is -2.21. The summed E-state index contributed by atoms with van der Waals surface area (Å²) >= 11 is 12.0. The normalized spacial score (nSPS) is 10.7. The summed E-state index contributed by atoms with van der Waals surface area (Å²) in [7, 11) is 0. The molecular formula is C19H13Cl2FN2O4. The number of aromatic nitrogens is 2. The molecule has 0 aliphatic rings. The molecule has 1 aromatic carbocycles. The zero-order chi connectivity index (χ0) is 20.4. The highest BCUT2D eigenvalue weighted by Crippen LogP contribution is 2.33. The van der Waals surface area contributed by atoms with Gasteiger partial charge in [-0.05, 0) is 19.1 Å². The Balaban J connectivity index is 2.28. The van der Waals surface area contributed by atoms with Crippen molar-refractivity contribution in [2.24, 2.45) is 0 Å². The van der Waals surface area contributed by atoms with Crippen LogP contribution in [0.4, 0.5) is 4.39 Å².